The van der Waals surface area contributed by atoms with E-state index in [1.807, 2.05) is 13.0 Å². The average Bonchev–Trinajstić information content (AvgIpc) is 3.26. The van der Waals surface area contributed by atoms with Crippen LogP contribution in [-0.2, 0) is 26.9 Å². The number of carbonyl (C=O) groups is 1. The van der Waals surface area contributed by atoms with Crippen LogP contribution in [-0.4, -0.2) is 34.8 Å². The number of hydrogen-bond acceptors (Lipinski definition) is 8. The van der Waals surface area contributed by atoms with Crippen molar-refractivity contribution in [2.24, 2.45) is 0 Å². The van der Waals surface area contributed by atoms with Crippen molar-refractivity contribution < 1.29 is 17.6 Å². The zero-order valence-electron chi connectivity index (χ0n) is 18.5. The number of amides is 1. The van der Waals surface area contributed by atoms with Gasteiger partial charge in [-0.25, -0.2) is 8.42 Å². The third-order valence-corrected chi connectivity index (χ3v) is 7.48. The van der Waals surface area contributed by atoms with Crippen LogP contribution < -0.4 is 5.32 Å². The van der Waals surface area contributed by atoms with Gasteiger partial charge in [-0.2, -0.15) is 5.26 Å². The second kappa shape index (κ2) is 10.1. The van der Waals surface area contributed by atoms with Crippen LogP contribution in [0, 0.1) is 32.1 Å². The van der Waals surface area contributed by atoms with E-state index in [1.54, 1.807) is 48.8 Å². The molecule has 0 spiro atoms. The van der Waals surface area contributed by atoms with Crippen molar-refractivity contribution in [2.45, 2.75) is 43.1 Å². The second-order valence-corrected chi connectivity index (χ2v) is 10.2. The van der Waals surface area contributed by atoms with E-state index >= 15 is 0 Å². The third-order valence-electron chi connectivity index (χ3n) is 4.89. The molecule has 0 radical (unpaired) electrons. The van der Waals surface area contributed by atoms with Gasteiger partial charge in [-0.3, -0.25) is 10.1 Å². The van der Waals surface area contributed by atoms with Crippen molar-refractivity contribution in [2.75, 3.05) is 11.1 Å². The Labute approximate surface area is 196 Å². The van der Waals surface area contributed by atoms with Crippen LogP contribution in [0.5, 0.6) is 0 Å². The standard InChI is InChI=1S/C22H23N5O4S2/c1-5-10-27-19(13-33(29,30)17-8-6-14(2)7-9-17)25-26-22(27)32-12-20(28)24-21-18(11-23)15(3)16(4)31-21/h5-9H,1,10,12-13H2,2-4H3,(H,24,28). The largest absolute Gasteiger partial charge is 0.444 e. The fraction of sp³-hybridized carbons (Fsp3) is 0.273. The van der Waals surface area contributed by atoms with Crippen LogP contribution >= 0.6 is 11.8 Å². The first-order valence-electron chi connectivity index (χ1n) is 9.91. The number of aromatic nitrogens is 3. The molecule has 0 saturated carbocycles. The summed E-state index contributed by atoms with van der Waals surface area (Å²) in [4.78, 5) is 12.6. The maximum atomic E-state index is 12.8. The fourth-order valence-corrected chi connectivity index (χ4v) is 5.02. The minimum absolute atomic E-state index is 0.0380. The van der Waals surface area contributed by atoms with E-state index in [0.717, 1.165) is 17.3 Å². The van der Waals surface area contributed by atoms with E-state index in [1.165, 1.54) is 0 Å². The molecule has 172 valence electrons. The number of allylic oxidation sites excluding steroid dienone is 1. The SMILES string of the molecule is C=CCn1c(CS(=O)(=O)c2ccc(C)cc2)nnc1SCC(=O)Nc1oc(C)c(C)c1C#N. The van der Waals surface area contributed by atoms with Crippen LogP contribution in [0.3, 0.4) is 0 Å². The summed E-state index contributed by atoms with van der Waals surface area (Å²) in [6, 6.07) is 8.62. The molecule has 9 nitrogen and oxygen atoms in total. The highest BCUT2D eigenvalue weighted by atomic mass is 32.2. The Morgan fingerprint density at radius 1 is 1.27 bits per heavy atom. The van der Waals surface area contributed by atoms with E-state index in [-0.39, 0.29) is 40.2 Å². The molecule has 11 heteroatoms. The highest BCUT2D eigenvalue weighted by molar-refractivity contribution is 7.99. The number of aryl methyl sites for hydroxylation is 2. The van der Waals surface area contributed by atoms with Gasteiger partial charge in [0, 0.05) is 12.1 Å². The summed E-state index contributed by atoms with van der Waals surface area (Å²) in [6.07, 6.45) is 1.60. The molecule has 3 rings (SSSR count). The average molecular weight is 486 g/mol. The van der Waals surface area contributed by atoms with Gasteiger partial charge in [0.2, 0.25) is 11.8 Å². The topological polar surface area (TPSA) is 131 Å². The molecule has 0 fully saturated rings. The zero-order valence-corrected chi connectivity index (χ0v) is 20.1. The Hall–Kier alpha value is -3.36. The highest BCUT2D eigenvalue weighted by Crippen LogP contribution is 2.26. The number of furan rings is 1. The van der Waals surface area contributed by atoms with Crippen LogP contribution in [0.1, 0.15) is 28.3 Å². The molecule has 2 aromatic heterocycles. The molecule has 33 heavy (non-hydrogen) atoms. The Morgan fingerprint density at radius 2 is 1.97 bits per heavy atom. The van der Waals surface area contributed by atoms with E-state index in [4.69, 9.17) is 4.42 Å². The molecule has 2 heterocycles. The third kappa shape index (κ3) is 5.53. The number of rotatable bonds is 9. The number of nitrogens with one attached hydrogen (secondary N) is 1. The molecule has 0 aliphatic rings. The molecule has 0 aliphatic carbocycles. The first kappa shape index (κ1) is 24.3. The van der Waals surface area contributed by atoms with E-state index < -0.39 is 15.7 Å². The van der Waals surface area contributed by atoms with Crippen LogP contribution in [0.2, 0.25) is 0 Å². The van der Waals surface area contributed by atoms with Crippen molar-refractivity contribution in [1.29, 1.82) is 5.26 Å². The summed E-state index contributed by atoms with van der Waals surface area (Å²) in [5.41, 5.74) is 1.91. The van der Waals surface area contributed by atoms with E-state index in [0.29, 0.717) is 16.5 Å². The van der Waals surface area contributed by atoms with Crippen molar-refractivity contribution in [1.82, 2.24) is 14.8 Å². The lowest BCUT2D eigenvalue weighted by Gasteiger charge is -2.09. The number of carbonyl (C=O) groups excluding carboxylic acids is 1. The highest BCUT2D eigenvalue weighted by Gasteiger charge is 2.22. The van der Waals surface area contributed by atoms with Crippen LogP contribution in [0.4, 0.5) is 5.88 Å². The lowest BCUT2D eigenvalue weighted by Crippen LogP contribution is -2.15. The number of nitrogens with zero attached hydrogens (tertiary/aromatic N) is 4. The number of nitriles is 1. The lowest BCUT2D eigenvalue weighted by molar-refractivity contribution is -0.113. The van der Waals surface area contributed by atoms with Gasteiger partial charge in [-0.1, -0.05) is 35.5 Å². The first-order chi connectivity index (χ1) is 15.7. The number of thioether (sulfide) groups is 1. The Kier molecular flexibility index (Phi) is 7.40. The van der Waals surface area contributed by atoms with Gasteiger partial charge >= 0.3 is 0 Å². The molecule has 1 amide bonds. The smallest absolute Gasteiger partial charge is 0.237 e. The Balaban J connectivity index is 1.74. The molecule has 0 aliphatic heterocycles. The summed E-state index contributed by atoms with van der Waals surface area (Å²) < 4.78 is 32.7. The van der Waals surface area contributed by atoms with Crippen molar-refractivity contribution in [3.63, 3.8) is 0 Å². The summed E-state index contributed by atoms with van der Waals surface area (Å²) in [7, 11) is -3.63. The molecule has 0 atom stereocenters. The van der Waals surface area contributed by atoms with E-state index in [2.05, 4.69) is 22.1 Å². The lowest BCUT2D eigenvalue weighted by atomic mass is 10.2. The van der Waals surface area contributed by atoms with Crippen molar-refractivity contribution in [3.05, 3.63) is 65.2 Å². The van der Waals surface area contributed by atoms with Gasteiger partial charge in [0.25, 0.3) is 0 Å². The van der Waals surface area contributed by atoms with Crippen LogP contribution in [0.15, 0.2) is 51.4 Å². The van der Waals surface area contributed by atoms with Gasteiger partial charge in [-0.05, 0) is 32.9 Å². The van der Waals surface area contributed by atoms with E-state index in [9.17, 15) is 18.5 Å². The molecule has 0 unspecified atom stereocenters. The summed E-state index contributed by atoms with van der Waals surface area (Å²) in [6.45, 7) is 9.32. The number of anilines is 1. The fourth-order valence-electron chi connectivity index (χ4n) is 2.99. The molecule has 3 aromatic rings. The Bertz CT molecular complexity index is 1330. The van der Waals surface area contributed by atoms with Crippen molar-refractivity contribution >= 4 is 33.4 Å². The molecule has 0 saturated heterocycles. The van der Waals surface area contributed by atoms with Gasteiger partial charge in [0.05, 0.1) is 10.6 Å². The molecule has 0 bridgehead atoms. The number of hydrogen-bond donors (Lipinski definition) is 1. The van der Waals surface area contributed by atoms with Gasteiger partial charge in [0.1, 0.15) is 29.0 Å². The van der Waals surface area contributed by atoms with Gasteiger partial charge < -0.3 is 8.98 Å². The zero-order chi connectivity index (χ0) is 24.2. The van der Waals surface area contributed by atoms with Crippen LogP contribution in [0.25, 0.3) is 0 Å². The normalized spacial score (nSPS) is 11.2. The minimum Gasteiger partial charge on any atom is -0.444 e. The second-order valence-electron chi connectivity index (χ2n) is 7.31. The number of sulfone groups is 1. The van der Waals surface area contributed by atoms with Crippen molar-refractivity contribution in [3.8, 4) is 6.07 Å². The summed E-state index contributed by atoms with van der Waals surface area (Å²) >= 11 is 1.09. The maximum absolute atomic E-state index is 12.8. The molecular formula is C22H23N5O4S2. The molecule has 1 N–H and O–H groups in total. The van der Waals surface area contributed by atoms with Gasteiger partial charge in [-0.15, -0.1) is 16.8 Å². The molecule has 1 aromatic carbocycles. The van der Waals surface area contributed by atoms with Gasteiger partial charge in [0.15, 0.2) is 15.0 Å². The first-order valence-corrected chi connectivity index (χ1v) is 12.5. The summed E-state index contributed by atoms with van der Waals surface area (Å²) in [5.74, 6) is 0.147. The predicted molar refractivity (Wildman–Crippen MR) is 125 cm³/mol. The summed E-state index contributed by atoms with van der Waals surface area (Å²) in [5, 5.41) is 20.4. The quantitative estimate of drug-likeness (QED) is 0.360. The number of benzene rings is 1. The predicted octanol–water partition coefficient (Wildman–Crippen LogP) is 3.56. The Morgan fingerprint density at radius 3 is 2.61 bits per heavy atom. The minimum atomic E-state index is -3.63. The molecular weight excluding hydrogens is 462 g/mol. The maximum Gasteiger partial charge on any atom is 0.237 e. The monoisotopic (exact) mass is 485 g/mol.